The zero-order valence-corrected chi connectivity index (χ0v) is 15.7. The maximum atomic E-state index is 13.9. The van der Waals surface area contributed by atoms with Crippen LogP contribution in [0.2, 0.25) is 0 Å². The summed E-state index contributed by atoms with van der Waals surface area (Å²) in [4.78, 5) is 12.4. The minimum absolute atomic E-state index is 0.0187. The van der Waals surface area contributed by atoms with Crippen LogP contribution in [0.5, 0.6) is 5.75 Å². The van der Waals surface area contributed by atoms with Gasteiger partial charge in [0.15, 0.2) is 0 Å². The largest absolute Gasteiger partial charge is 0.505 e. The first-order chi connectivity index (χ1) is 11.4. The second-order valence-electron chi connectivity index (χ2n) is 8.35. The van der Waals surface area contributed by atoms with Crippen molar-refractivity contribution >= 4 is 11.6 Å². The molecule has 0 unspecified atom stereocenters. The van der Waals surface area contributed by atoms with Gasteiger partial charge in [0, 0.05) is 5.56 Å². The van der Waals surface area contributed by atoms with E-state index in [1.165, 1.54) is 18.2 Å². The summed E-state index contributed by atoms with van der Waals surface area (Å²) in [5.74, 6) is -1.16. The van der Waals surface area contributed by atoms with Crippen molar-refractivity contribution in [2.75, 3.05) is 5.32 Å². The zero-order valence-electron chi connectivity index (χ0n) is 15.7. The first kappa shape index (κ1) is 19.0. The lowest BCUT2D eigenvalue weighted by Crippen LogP contribution is -2.19. The summed E-state index contributed by atoms with van der Waals surface area (Å²) in [5, 5.41) is 13.3. The number of hydrogen-bond acceptors (Lipinski definition) is 2. The summed E-state index contributed by atoms with van der Waals surface area (Å²) in [6, 6.07) is 9.50. The molecule has 3 nitrogen and oxygen atoms in total. The molecule has 0 aliphatic carbocycles. The summed E-state index contributed by atoms with van der Waals surface area (Å²) in [7, 11) is 0. The molecule has 25 heavy (non-hydrogen) atoms. The fourth-order valence-electron chi connectivity index (χ4n) is 2.57. The molecule has 0 atom stereocenters. The van der Waals surface area contributed by atoms with E-state index >= 15 is 0 Å². The van der Waals surface area contributed by atoms with Gasteiger partial charge >= 0.3 is 0 Å². The maximum Gasteiger partial charge on any atom is 0.258 e. The van der Waals surface area contributed by atoms with Crippen LogP contribution in [0.3, 0.4) is 0 Å². The first-order valence-electron chi connectivity index (χ1n) is 8.35. The van der Waals surface area contributed by atoms with Gasteiger partial charge in [0.1, 0.15) is 11.6 Å². The number of rotatable bonds is 2. The van der Waals surface area contributed by atoms with Gasteiger partial charge in [-0.3, -0.25) is 4.79 Å². The van der Waals surface area contributed by atoms with Crippen LogP contribution in [0.25, 0.3) is 0 Å². The van der Waals surface area contributed by atoms with Crippen LogP contribution in [-0.2, 0) is 10.8 Å². The minimum Gasteiger partial charge on any atom is -0.505 e. The lowest BCUT2D eigenvalue weighted by atomic mass is 9.79. The standard InChI is InChI=1S/C21H26FNO2/c1-20(2,3)13-11-15(21(4,5)6)18(24)17(12-13)23-19(25)14-9-7-8-10-16(14)22/h7-12,24H,1-6H3,(H,23,25). The number of anilines is 1. The third-order valence-corrected chi connectivity index (χ3v) is 4.15. The highest BCUT2D eigenvalue weighted by Crippen LogP contribution is 2.40. The summed E-state index contributed by atoms with van der Waals surface area (Å²) < 4.78 is 13.9. The van der Waals surface area contributed by atoms with E-state index in [0.717, 1.165) is 11.1 Å². The van der Waals surface area contributed by atoms with Crippen LogP contribution in [0.4, 0.5) is 10.1 Å². The molecule has 0 saturated carbocycles. The van der Waals surface area contributed by atoms with Crippen LogP contribution in [-0.4, -0.2) is 11.0 Å². The van der Waals surface area contributed by atoms with Crippen LogP contribution in [0.1, 0.15) is 63.0 Å². The zero-order chi connectivity index (χ0) is 19.0. The van der Waals surface area contributed by atoms with Crippen LogP contribution in [0, 0.1) is 5.82 Å². The molecule has 2 aromatic rings. The van der Waals surface area contributed by atoms with E-state index < -0.39 is 11.7 Å². The van der Waals surface area contributed by atoms with Gasteiger partial charge in [0.2, 0.25) is 0 Å². The average Bonchev–Trinajstić information content (AvgIpc) is 2.47. The van der Waals surface area contributed by atoms with Gasteiger partial charge in [0.05, 0.1) is 11.3 Å². The molecule has 0 aliphatic heterocycles. The van der Waals surface area contributed by atoms with Crippen molar-refractivity contribution in [2.24, 2.45) is 0 Å². The Morgan fingerprint density at radius 2 is 1.60 bits per heavy atom. The molecule has 2 rings (SSSR count). The van der Waals surface area contributed by atoms with Gasteiger partial charge in [-0.25, -0.2) is 4.39 Å². The van der Waals surface area contributed by atoms with Crippen molar-refractivity contribution in [3.05, 3.63) is 58.9 Å². The molecule has 134 valence electrons. The van der Waals surface area contributed by atoms with Crippen LogP contribution < -0.4 is 5.32 Å². The van der Waals surface area contributed by atoms with E-state index in [-0.39, 0.29) is 22.1 Å². The van der Waals surface area contributed by atoms with E-state index in [9.17, 15) is 14.3 Å². The Bertz CT molecular complexity index is 799. The Morgan fingerprint density at radius 3 is 2.12 bits per heavy atom. The van der Waals surface area contributed by atoms with Crippen molar-refractivity contribution in [1.82, 2.24) is 0 Å². The number of carbonyl (C=O) groups excluding carboxylic acids is 1. The lowest BCUT2D eigenvalue weighted by Gasteiger charge is -2.27. The number of benzene rings is 2. The van der Waals surface area contributed by atoms with Gasteiger partial charge in [-0.05, 0) is 34.6 Å². The van der Waals surface area contributed by atoms with Gasteiger partial charge in [-0.15, -0.1) is 0 Å². The molecule has 0 heterocycles. The SMILES string of the molecule is CC(C)(C)c1cc(NC(=O)c2ccccc2F)c(O)c(C(C)(C)C)c1. The van der Waals surface area contributed by atoms with Crippen LogP contribution in [0.15, 0.2) is 36.4 Å². The predicted molar refractivity (Wildman–Crippen MR) is 99.9 cm³/mol. The number of phenols is 1. The fraction of sp³-hybridized carbons (Fsp3) is 0.381. The summed E-state index contributed by atoms with van der Waals surface area (Å²) in [6.07, 6.45) is 0. The smallest absolute Gasteiger partial charge is 0.258 e. The lowest BCUT2D eigenvalue weighted by molar-refractivity contribution is 0.102. The molecule has 0 spiro atoms. The fourth-order valence-corrected chi connectivity index (χ4v) is 2.57. The summed E-state index contributed by atoms with van der Waals surface area (Å²) in [6.45, 7) is 12.2. The highest BCUT2D eigenvalue weighted by atomic mass is 19.1. The minimum atomic E-state index is -0.595. The molecule has 0 radical (unpaired) electrons. The van der Waals surface area contributed by atoms with Crippen molar-refractivity contribution < 1.29 is 14.3 Å². The number of phenolic OH excluding ortho intramolecular Hbond substituents is 1. The quantitative estimate of drug-likeness (QED) is 0.719. The number of aromatic hydroxyl groups is 1. The van der Waals surface area contributed by atoms with Gasteiger partial charge in [-0.2, -0.15) is 0 Å². The molecule has 0 saturated heterocycles. The van der Waals surface area contributed by atoms with E-state index in [0.29, 0.717) is 5.69 Å². The van der Waals surface area contributed by atoms with E-state index in [1.54, 1.807) is 12.1 Å². The normalized spacial score (nSPS) is 12.1. The Labute approximate surface area is 148 Å². The summed E-state index contributed by atoms with van der Waals surface area (Å²) in [5.41, 5.74) is 1.50. The first-order valence-corrected chi connectivity index (χ1v) is 8.35. The number of nitrogens with one attached hydrogen (secondary N) is 1. The second-order valence-corrected chi connectivity index (χ2v) is 8.35. The van der Waals surface area contributed by atoms with Gasteiger partial charge < -0.3 is 10.4 Å². The molecule has 0 aromatic heterocycles. The predicted octanol–water partition coefficient (Wildman–Crippen LogP) is 5.38. The highest BCUT2D eigenvalue weighted by Gasteiger charge is 2.26. The number of amides is 1. The Balaban J connectivity index is 2.53. The molecule has 2 N–H and O–H groups in total. The number of halogens is 1. The maximum absolute atomic E-state index is 13.9. The van der Waals surface area contributed by atoms with Crippen LogP contribution >= 0.6 is 0 Å². The molecule has 0 fully saturated rings. The van der Waals surface area contributed by atoms with E-state index in [1.807, 2.05) is 26.8 Å². The molecule has 0 bridgehead atoms. The Kier molecular flexibility index (Phi) is 4.94. The van der Waals surface area contributed by atoms with E-state index in [2.05, 4.69) is 26.1 Å². The number of hydrogen-bond donors (Lipinski definition) is 2. The van der Waals surface area contributed by atoms with Gasteiger partial charge in [-0.1, -0.05) is 59.7 Å². The van der Waals surface area contributed by atoms with E-state index in [4.69, 9.17) is 0 Å². The molecule has 1 amide bonds. The third kappa shape index (κ3) is 4.19. The Morgan fingerprint density at radius 1 is 1.00 bits per heavy atom. The van der Waals surface area contributed by atoms with Crippen molar-refractivity contribution in [2.45, 2.75) is 52.4 Å². The molecular formula is C21H26FNO2. The monoisotopic (exact) mass is 343 g/mol. The summed E-state index contributed by atoms with van der Waals surface area (Å²) >= 11 is 0. The molecule has 2 aromatic carbocycles. The highest BCUT2D eigenvalue weighted by molar-refractivity contribution is 6.05. The number of carbonyl (C=O) groups is 1. The molecular weight excluding hydrogens is 317 g/mol. The Hall–Kier alpha value is -2.36. The van der Waals surface area contributed by atoms with Crippen molar-refractivity contribution in [1.29, 1.82) is 0 Å². The topological polar surface area (TPSA) is 49.3 Å². The van der Waals surface area contributed by atoms with Crippen molar-refractivity contribution in [3.8, 4) is 5.75 Å². The molecule has 4 heteroatoms. The average molecular weight is 343 g/mol. The molecule has 0 aliphatic rings. The van der Waals surface area contributed by atoms with Gasteiger partial charge in [0.25, 0.3) is 5.91 Å². The second kappa shape index (κ2) is 6.51. The van der Waals surface area contributed by atoms with Crippen molar-refractivity contribution in [3.63, 3.8) is 0 Å². The third-order valence-electron chi connectivity index (χ3n) is 4.15.